The highest BCUT2D eigenvalue weighted by Crippen LogP contribution is 2.28. The zero-order chi connectivity index (χ0) is 22.2. The van der Waals surface area contributed by atoms with Crippen molar-refractivity contribution in [1.29, 1.82) is 0 Å². The first kappa shape index (κ1) is 22.5. The quantitative estimate of drug-likeness (QED) is 0.456. The minimum absolute atomic E-state index is 0.0666. The molecule has 0 aliphatic heterocycles. The Balaban J connectivity index is 1.84. The monoisotopic (exact) mass is 439 g/mol. The third-order valence-corrected chi connectivity index (χ3v) is 5.30. The maximum atomic E-state index is 13.3. The molecule has 3 aromatic rings. The van der Waals surface area contributed by atoms with Gasteiger partial charge in [0.05, 0.1) is 21.3 Å². The number of nitrogens with zero attached hydrogens (tertiary/aromatic N) is 1. The second-order valence-electron chi connectivity index (χ2n) is 6.98. The van der Waals surface area contributed by atoms with Crippen LogP contribution in [0.5, 0.6) is 17.2 Å². The summed E-state index contributed by atoms with van der Waals surface area (Å²) < 4.78 is 16.2. The molecular weight excluding hydrogens is 414 g/mol. The summed E-state index contributed by atoms with van der Waals surface area (Å²) in [4.78, 5) is 15.1. The molecule has 0 atom stereocenters. The van der Waals surface area contributed by atoms with E-state index in [0.717, 1.165) is 16.9 Å². The summed E-state index contributed by atoms with van der Waals surface area (Å²) >= 11 is 6.00. The molecule has 0 spiro atoms. The number of halogens is 1. The van der Waals surface area contributed by atoms with Gasteiger partial charge in [-0.1, -0.05) is 35.9 Å². The van der Waals surface area contributed by atoms with Gasteiger partial charge in [0.1, 0.15) is 5.75 Å². The van der Waals surface area contributed by atoms with Crippen LogP contribution in [-0.2, 0) is 13.0 Å². The Kier molecular flexibility index (Phi) is 7.79. The first-order valence-electron chi connectivity index (χ1n) is 9.93. The maximum absolute atomic E-state index is 13.3. The van der Waals surface area contributed by atoms with E-state index in [-0.39, 0.29) is 5.91 Å². The number of carbonyl (C=O) groups excluding carboxylic acids is 1. The molecule has 5 nitrogen and oxygen atoms in total. The topological polar surface area (TPSA) is 48.0 Å². The van der Waals surface area contributed by atoms with E-state index in [9.17, 15) is 4.79 Å². The van der Waals surface area contributed by atoms with Gasteiger partial charge in [0.2, 0.25) is 0 Å². The van der Waals surface area contributed by atoms with Crippen LogP contribution in [0, 0.1) is 0 Å². The van der Waals surface area contributed by atoms with Crippen LogP contribution in [-0.4, -0.2) is 38.7 Å². The summed E-state index contributed by atoms with van der Waals surface area (Å²) in [5, 5.41) is 0.596. The normalized spacial score (nSPS) is 10.5. The van der Waals surface area contributed by atoms with Crippen LogP contribution < -0.4 is 14.2 Å². The summed E-state index contributed by atoms with van der Waals surface area (Å²) in [6.07, 6.45) is 0.662. The Morgan fingerprint density at radius 1 is 0.839 bits per heavy atom. The van der Waals surface area contributed by atoms with Crippen molar-refractivity contribution < 1.29 is 19.0 Å². The van der Waals surface area contributed by atoms with E-state index in [2.05, 4.69) is 0 Å². The Hall–Kier alpha value is -3.18. The van der Waals surface area contributed by atoms with Crippen molar-refractivity contribution in [3.8, 4) is 17.2 Å². The fourth-order valence-electron chi connectivity index (χ4n) is 3.37. The minimum Gasteiger partial charge on any atom is -0.496 e. The van der Waals surface area contributed by atoms with Crippen molar-refractivity contribution >= 4 is 17.5 Å². The lowest BCUT2D eigenvalue weighted by Crippen LogP contribution is -2.32. The molecule has 0 saturated heterocycles. The molecule has 0 radical (unpaired) electrons. The summed E-state index contributed by atoms with van der Waals surface area (Å²) in [7, 11) is 4.85. The number of amides is 1. The number of hydrogen-bond acceptors (Lipinski definition) is 4. The van der Waals surface area contributed by atoms with E-state index in [4.69, 9.17) is 25.8 Å². The number of hydrogen-bond donors (Lipinski definition) is 0. The third kappa shape index (κ3) is 5.70. The molecule has 162 valence electrons. The lowest BCUT2D eigenvalue weighted by Gasteiger charge is -2.24. The van der Waals surface area contributed by atoms with Gasteiger partial charge in [-0.2, -0.15) is 0 Å². The second kappa shape index (κ2) is 10.7. The summed E-state index contributed by atoms with van der Waals surface area (Å²) in [6.45, 7) is 0.952. The highest BCUT2D eigenvalue weighted by atomic mass is 35.5. The molecule has 3 aromatic carbocycles. The Morgan fingerprint density at radius 3 is 2.19 bits per heavy atom. The standard InChI is InChI=1S/C25H26ClNO4/c1-29-22-7-5-4-6-20(22)17-27(25(28)19-9-11-21(26)12-10-19)15-14-18-8-13-23(30-2)24(16-18)31-3/h4-13,16H,14-15,17H2,1-3H3. The van der Waals surface area contributed by atoms with Gasteiger partial charge < -0.3 is 19.1 Å². The smallest absolute Gasteiger partial charge is 0.254 e. The lowest BCUT2D eigenvalue weighted by atomic mass is 10.1. The van der Waals surface area contributed by atoms with Crippen molar-refractivity contribution in [3.63, 3.8) is 0 Å². The predicted molar refractivity (Wildman–Crippen MR) is 122 cm³/mol. The van der Waals surface area contributed by atoms with Gasteiger partial charge in [-0.15, -0.1) is 0 Å². The van der Waals surface area contributed by atoms with E-state index >= 15 is 0 Å². The highest BCUT2D eigenvalue weighted by Gasteiger charge is 2.18. The van der Waals surface area contributed by atoms with Gasteiger partial charge >= 0.3 is 0 Å². The van der Waals surface area contributed by atoms with Crippen LogP contribution in [0.25, 0.3) is 0 Å². The maximum Gasteiger partial charge on any atom is 0.254 e. The Bertz CT molecular complexity index is 1020. The van der Waals surface area contributed by atoms with Gasteiger partial charge in [0.25, 0.3) is 5.91 Å². The molecule has 0 bridgehead atoms. The van der Waals surface area contributed by atoms with E-state index in [1.165, 1.54) is 0 Å². The van der Waals surface area contributed by atoms with E-state index < -0.39 is 0 Å². The fourth-order valence-corrected chi connectivity index (χ4v) is 3.49. The largest absolute Gasteiger partial charge is 0.496 e. The van der Waals surface area contributed by atoms with Gasteiger partial charge in [0, 0.05) is 29.2 Å². The number of carbonyl (C=O) groups is 1. The summed E-state index contributed by atoms with van der Waals surface area (Å²) in [6, 6.07) is 20.5. The SMILES string of the molecule is COc1ccccc1CN(CCc1ccc(OC)c(OC)c1)C(=O)c1ccc(Cl)cc1. The third-order valence-electron chi connectivity index (χ3n) is 5.05. The molecule has 0 unspecified atom stereocenters. The Labute approximate surface area is 188 Å². The van der Waals surface area contributed by atoms with Crippen LogP contribution in [0.2, 0.25) is 5.02 Å². The van der Waals surface area contributed by atoms with Crippen molar-refractivity contribution in [1.82, 2.24) is 4.90 Å². The number of ether oxygens (including phenoxy) is 3. The number of para-hydroxylation sites is 1. The number of rotatable bonds is 9. The molecule has 6 heteroatoms. The summed E-state index contributed by atoms with van der Waals surface area (Å²) in [5.41, 5.74) is 2.58. The van der Waals surface area contributed by atoms with Gasteiger partial charge in [-0.25, -0.2) is 0 Å². The predicted octanol–water partition coefficient (Wildman–Crippen LogP) is 5.25. The van der Waals surface area contributed by atoms with E-state index in [1.807, 2.05) is 47.4 Å². The van der Waals surface area contributed by atoms with Crippen molar-refractivity contribution in [3.05, 3.63) is 88.4 Å². The molecule has 0 aliphatic rings. The Morgan fingerprint density at radius 2 is 1.52 bits per heavy atom. The average molecular weight is 440 g/mol. The molecule has 0 fully saturated rings. The fraction of sp³-hybridized carbons (Fsp3) is 0.240. The lowest BCUT2D eigenvalue weighted by molar-refractivity contribution is 0.0744. The van der Waals surface area contributed by atoms with E-state index in [1.54, 1.807) is 45.6 Å². The molecule has 0 N–H and O–H groups in total. The van der Waals surface area contributed by atoms with Crippen LogP contribution >= 0.6 is 11.6 Å². The molecule has 1 amide bonds. The minimum atomic E-state index is -0.0666. The molecule has 0 aromatic heterocycles. The molecule has 0 aliphatic carbocycles. The van der Waals surface area contributed by atoms with Crippen molar-refractivity contribution in [2.75, 3.05) is 27.9 Å². The second-order valence-corrected chi connectivity index (χ2v) is 7.42. The zero-order valence-electron chi connectivity index (χ0n) is 17.9. The van der Waals surface area contributed by atoms with Crippen molar-refractivity contribution in [2.24, 2.45) is 0 Å². The van der Waals surface area contributed by atoms with Gasteiger partial charge in [-0.3, -0.25) is 4.79 Å². The number of benzene rings is 3. The van der Waals surface area contributed by atoms with Crippen LogP contribution in [0.3, 0.4) is 0 Å². The summed E-state index contributed by atoms with van der Waals surface area (Å²) in [5.74, 6) is 2.03. The number of methoxy groups -OCH3 is 3. The van der Waals surface area contributed by atoms with Crippen LogP contribution in [0.1, 0.15) is 21.5 Å². The average Bonchev–Trinajstić information content (AvgIpc) is 2.81. The van der Waals surface area contributed by atoms with Crippen LogP contribution in [0.15, 0.2) is 66.7 Å². The van der Waals surface area contributed by atoms with Gasteiger partial charge in [0.15, 0.2) is 11.5 Å². The molecule has 3 rings (SSSR count). The highest BCUT2D eigenvalue weighted by molar-refractivity contribution is 6.30. The molecule has 0 heterocycles. The van der Waals surface area contributed by atoms with Crippen LogP contribution in [0.4, 0.5) is 0 Å². The molecule has 0 saturated carbocycles. The first-order valence-corrected chi connectivity index (χ1v) is 10.3. The van der Waals surface area contributed by atoms with Crippen molar-refractivity contribution in [2.45, 2.75) is 13.0 Å². The molecule has 31 heavy (non-hydrogen) atoms. The zero-order valence-corrected chi connectivity index (χ0v) is 18.7. The van der Waals surface area contributed by atoms with Gasteiger partial charge in [-0.05, 0) is 54.4 Å². The van der Waals surface area contributed by atoms with E-state index in [0.29, 0.717) is 41.6 Å². The molecular formula is C25H26ClNO4. The first-order chi connectivity index (χ1) is 15.0.